The van der Waals surface area contributed by atoms with Gasteiger partial charge >= 0.3 is 6.09 Å². The number of rotatable bonds is 4. The van der Waals surface area contributed by atoms with Crippen LogP contribution in [-0.2, 0) is 4.74 Å². The lowest BCUT2D eigenvalue weighted by molar-refractivity contribution is 0.160. The van der Waals surface area contributed by atoms with Gasteiger partial charge in [-0.05, 0) is 24.6 Å². The third kappa shape index (κ3) is 4.29. The zero-order valence-electron chi connectivity index (χ0n) is 8.93. The Labute approximate surface area is 105 Å². The van der Waals surface area contributed by atoms with E-state index in [1.165, 1.54) is 0 Å². The van der Waals surface area contributed by atoms with Gasteiger partial charge in [0.2, 0.25) is 0 Å². The molecule has 0 aliphatic carbocycles. The van der Waals surface area contributed by atoms with Crippen LogP contribution in [0.15, 0.2) is 18.2 Å². The Morgan fingerprint density at radius 1 is 1.44 bits per heavy atom. The second-order valence-electron chi connectivity index (χ2n) is 3.24. The Hall–Kier alpha value is -0.930. The van der Waals surface area contributed by atoms with Gasteiger partial charge in [0.1, 0.15) is 0 Å². The van der Waals surface area contributed by atoms with Crippen LogP contribution in [0.25, 0.3) is 0 Å². The van der Waals surface area contributed by atoms with Crippen molar-refractivity contribution < 1.29 is 9.53 Å². The largest absolute Gasteiger partial charge is 0.449 e. The lowest BCUT2D eigenvalue weighted by atomic mass is 10.3. The third-order valence-corrected chi connectivity index (χ3v) is 2.46. The van der Waals surface area contributed by atoms with Crippen molar-refractivity contribution in [1.29, 1.82) is 0 Å². The smallest absolute Gasteiger partial charge is 0.411 e. The summed E-state index contributed by atoms with van der Waals surface area (Å²) < 4.78 is 4.93. The average Bonchev–Trinajstić information content (AvgIpc) is 2.24. The van der Waals surface area contributed by atoms with Crippen LogP contribution in [0.2, 0.25) is 10.0 Å². The van der Waals surface area contributed by atoms with Gasteiger partial charge < -0.3 is 4.74 Å². The first-order chi connectivity index (χ1) is 7.63. The molecule has 1 aromatic carbocycles. The summed E-state index contributed by atoms with van der Waals surface area (Å²) in [6, 6.07) is 4.84. The maximum Gasteiger partial charge on any atom is 0.411 e. The number of halogens is 2. The summed E-state index contributed by atoms with van der Waals surface area (Å²) >= 11 is 11.6. The van der Waals surface area contributed by atoms with Crippen LogP contribution in [0.3, 0.4) is 0 Å². The number of hydrogen-bond acceptors (Lipinski definition) is 2. The van der Waals surface area contributed by atoms with E-state index >= 15 is 0 Å². The Balaban J connectivity index is 2.52. The minimum Gasteiger partial charge on any atom is -0.449 e. The van der Waals surface area contributed by atoms with Crippen LogP contribution in [0.4, 0.5) is 10.5 Å². The first kappa shape index (κ1) is 13.1. The molecule has 1 N–H and O–H groups in total. The van der Waals surface area contributed by atoms with Gasteiger partial charge in [-0.2, -0.15) is 0 Å². The first-order valence-corrected chi connectivity index (χ1v) is 5.78. The molecule has 0 aromatic heterocycles. The van der Waals surface area contributed by atoms with Crippen LogP contribution in [0.5, 0.6) is 0 Å². The van der Waals surface area contributed by atoms with Crippen molar-refractivity contribution >= 4 is 35.0 Å². The second kappa shape index (κ2) is 6.61. The Morgan fingerprint density at radius 3 is 2.88 bits per heavy atom. The topological polar surface area (TPSA) is 38.3 Å². The maximum absolute atomic E-state index is 11.3. The second-order valence-corrected chi connectivity index (χ2v) is 4.08. The molecule has 88 valence electrons. The third-order valence-electron chi connectivity index (χ3n) is 1.90. The number of anilines is 1. The van der Waals surface area contributed by atoms with E-state index in [4.69, 9.17) is 27.9 Å². The molecule has 0 aliphatic rings. The molecule has 0 bridgehead atoms. The van der Waals surface area contributed by atoms with Gasteiger partial charge in [0.05, 0.1) is 17.3 Å². The van der Waals surface area contributed by atoms with E-state index in [2.05, 4.69) is 5.32 Å². The van der Waals surface area contributed by atoms with E-state index in [-0.39, 0.29) is 0 Å². The molecule has 0 spiro atoms. The standard InChI is InChI=1S/C11H13Cl2NO2/c1-2-3-6-16-11(15)14-10-7-8(12)4-5-9(10)13/h4-5,7H,2-3,6H2,1H3,(H,14,15). The van der Waals surface area contributed by atoms with Crippen molar-refractivity contribution in [2.45, 2.75) is 19.8 Å². The van der Waals surface area contributed by atoms with E-state index in [1.807, 2.05) is 6.92 Å². The fraction of sp³-hybridized carbons (Fsp3) is 0.364. The fourth-order valence-electron chi connectivity index (χ4n) is 1.05. The quantitative estimate of drug-likeness (QED) is 0.819. The number of carbonyl (C=O) groups excluding carboxylic acids is 1. The SMILES string of the molecule is CCCCOC(=O)Nc1cc(Cl)ccc1Cl. The molecule has 0 radical (unpaired) electrons. The molecule has 0 atom stereocenters. The Bertz CT molecular complexity index is 369. The molecule has 5 heteroatoms. The molecule has 0 fully saturated rings. The minimum absolute atomic E-state index is 0.403. The molecule has 0 saturated carbocycles. The number of hydrogen-bond donors (Lipinski definition) is 1. The van der Waals surface area contributed by atoms with Gasteiger partial charge in [-0.15, -0.1) is 0 Å². The molecular weight excluding hydrogens is 249 g/mol. The molecule has 16 heavy (non-hydrogen) atoms. The van der Waals surface area contributed by atoms with Crippen molar-refractivity contribution in [3.63, 3.8) is 0 Å². The average molecular weight is 262 g/mol. The van der Waals surface area contributed by atoms with Crippen LogP contribution in [0, 0.1) is 0 Å². The Morgan fingerprint density at radius 2 is 2.19 bits per heavy atom. The van der Waals surface area contributed by atoms with Crippen LogP contribution >= 0.6 is 23.2 Å². The number of ether oxygens (including phenoxy) is 1. The summed E-state index contributed by atoms with van der Waals surface area (Å²) in [5.74, 6) is 0. The number of benzene rings is 1. The van der Waals surface area contributed by atoms with E-state index in [0.29, 0.717) is 22.3 Å². The van der Waals surface area contributed by atoms with E-state index < -0.39 is 6.09 Å². The van der Waals surface area contributed by atoms with Crippen molar-refractivity contribution in [2.24, 2.45) is 0 Å². The first-order valence-electron chi connectivity index (χ1n) is 5.02. The molecule has 0 unspecified atom stereocenters. The van der Waals surface area contributed by atoms with Crippen LogP contribution < -0.4 is 5.32 Å². The number of carbonyl (C=O) groups is 1. The van der Waals surface area contributed by atoms with E-state index in [0.717, 1.165) is 12.8 Å². The molecular formula is C11H13Cl2NO2. The summed E-state index contributed by atoms with van der Waals surface area (Å²) in [5.41, 5.74) is 0.454. The summed E-state index contributed by atoms with van der Waals surface area (Å²) in [4.78, 5) is 11.3. The minimum atomic E-state index is -0.516. The van der Waals surface area contributed by atoms with Crippen LogP contribution in [-0.4, -0.2) is 12.7 Å². The van der Waals surface area contributed by atoms with Crippen molar-refractivity contribution in [1.82, 2.24) is 0 Å². The predicted octanol–water partition coefficient (Wildman–Crippen LogP) is 4.34. The van der Waals surface area contributed by atoms with Gasteiger partial charge in [-0.3, -0.25) is 5.32 Å². The monoisotopic (exact) mass is 261 g/mol. The highest BCUT2D eigenvalue weighted by Crippen LogP contribution is 2.25. The number of unbranched alkanes of at least 4 members (excludes halogenated alkanes) is 1. The van der Waals surface area contributed by atoms with Crippen LogP contribution in [0.1, 0.15) is 19.8 Å². The normalized spacial score (nSPS) is 9.94. The van der Waals surface area contributed by atoms with Gasteiger partial charge in [0.25, 0.3) is 0 Å². The van der Waals surface area contributed by atoms with Crippen molar-refractivity contribution in [3.05, 3.63) is 28.2 Å². The maximum atomic E-state index is 11.3. The summed E-state index contributed by atoms with van der Waals surface area (Å²) in [6.07, 6.45) is 1.31. The van der Waals surface area contributed by atoms with E-state index in [1.54, 1.807) is 18.2 Å². The highest BCUT2D eigenvalue weighted by atomic mass is 35.5. The zero-order chi connectivity index (χ0) is 12.0. The highest BCUT2D eigenvalue weighted by molar-refractivity contribution is 6.35. The van der Waals surface area contributed by atoms with Gasteiger partial charge in [-0.1, -0.05) is 36.5 Å². The molecule has 1 aromatic rings. The molecule has 1 rings (SSSR count). The number of amides is 1. The summed E-state index contributed by atoms with van der Waals surface area (Å²) in [5, 5.41) is 3.47. The highest BCUT2D eigenvalue weighted by Gasteiger charge is 2.06. The predicted molar refractivity (Wildman–Crippen MR) is 66.3 cm³/mol. The van der Waals surface area contributed by atoms with Gasteiger partial charge in [0.15, 0.2) is 0 Å². The molecule has 1 amide bonds. The lowest BCUT2D eigenvalue weighted by Gasteiger charge is -2.08. The fourth-order valence-corrected chi connectivity index (χ4v) is 1.39. The lowest BCUT2D eigenvalue weighted by Crippen LogP contribution is -2.14. The summed E-state index contributed by atoms with van der Waals surface area (Å²) in [6.45, 7) is 2.43. The molecule has 0 aliphatic heterocycles. The van der Waals surface area contributed by atoms with E-state index in [9.17, 15) is 4.79 Å². The van der Waals surface area contributed by atoms with Crippen molar-refractivity contribution in [3.8, 4) is 0 Å². The Kier molecular flexibility index (Phi) is 5.43. The summed E-state index contributed by atoms with van der Waals surface area (Å²) in [7, 11) is 0. The van der Waals surface area contributed by atoms with Crippen molar-refractivity contribution in [2.75, 3.05) is 11.9 Å². The van der Waals surface area contributed by atoms with Gasteiger partial charge in [-0.25, -0.2) is 4.79 Å². The zero-order valence-corrected chi connectivity index (χ0v) is 10.4. The molecule has 0 heterocycles. The molecule has 3 nitrogen and oxygen atoms in total. The van der Waals surface area contributed by atoms with Gasteiger partial charge in [0, 0.05) is 5.02 Å². The number of nitrogens with one attached hydrogen (secondary N) is 1. The molecule has 0 saturated heterocycles.